The number of imidazole rings is 1. The summed E-state index contributed by atoms with van der Waals surface area (Å²) in [5.74, 6) is 2.25. The average Bonchev–Trinajstić information content (AvgIpc) is 3.39. The predicted octanol–water partition coefficient (Wildman–Crippen LogP) is 1.60. The van der Waals surface area contributed by atoms with Crippen LogP contribution in [0.1, 0.15) is 37.9 Å². The van der Waals surface area contributed by atoms with E-state index in [1.807, 2.05) is 6.20 Å². The molecule has 1 aromatic rings. The summed E-state index contributed by atoms with van der Waals surface area (Å²) in [5.41, 5.74) is 0.163. The molecule has 1 unspecified atom stereocenters. The molecule has 6 nitrogen and oxygen atoms in total. The van der Waals surface area contributed by atoms with Crippen LogP contribution in [-0.4, -0.2) is 82.0 Å². The van der Waals surface area contributed by atoms with Gasteiger partial charge in [-0.1, -0.05) is 0 Å². The van der Waals surface area contributed by atoms with Gasteiger partial charge in [0.15, 0.2) is 0 Å². The van der Waals surface area contributed by atoms with Gasteiger partial charge >= 0.3 is 0 Å². The lowest BCUT2D eigenvalue weighted by Crippen LogP contribution is -2.61. The first-order chi connectivity index (χ1) is 12.6. The number of likely N-dealkylation sites (tertiary alicyclic amines) is 1. The molecule has 1 atom stereocenters. The Kier molecular flexibility index (Phi) is 5.06. The number of nitrogens with zero attached hydrogens (tertiary/aromatic N) is 5. The summed E-state index contributed by atoms with van der Waals surface area (Å²) in [7, 11) is 2.26. The van der Waals surface area contributed by atoms with Crippen LogP contribution >= 0.6 is 0 Å². The molecule has 0 bridgehead atoms. The molecule has 1 spiro atoms. The molecule has 0 N–H and O–H groups in total. The highest BCUT2D eigenvalue weighted by Gasteiger charge is 2.42. The molecule has 0 aromatic carbocycles. The maximum absolute atomic E-state index is 12.6. The zero-order valence-electron chi connectivity index (χ0n) is 16.4. The molecule has 1 saturated carbocycles. The van der Waals surface area contributed by atoms with Gasteiger partial charge in [0.1, 0.15) is 5.82 Å². The van der Waals surface area contributed by atoms with Crippen LogP contribution in [0.15, 0.2) is 12.4 Å². The quantitative estimate of drug-likeness (QED) is 0.801. The van der Waals surface area contributed by atoms with E-state index < -0.39 is 0 Å². The van der Waals surface area contributed by atoms with Crippen LogP contribution in [0.2, 0.25) is 0 Å². The lowest BCUT2D eigenvalue weighted by molar-refractivity contribution is -0.131. The molecule has 3 heterocycles. The van der Waals surface area contributed by atoms with Crippen LogP contribution in [0.4, 0.5) is 0 Å². The van der Waals surface area contributed by atoms with Crippen molar-refractivity contribution in [2.24, 2.45) is 5.92 Å². The van der Waals surface area contributed by atoms with Gasteiger partial charge in [0.2, 0.25) is 5.91 Å². The molecule has 2 aliphatic heterocycles. The average molecular weight is 360 g/mol. The standard InChI is InChI=1S/C20H33N5O/c1-17-21-8-10-24(17)14-13-23-12-11-22(2)20(16-23)6-5-19(26)25(9-7-20)15-18-3-4-18/h8,10,18H,3-7,9,11-16H2,1-2H3. The van der Waals surface area contributed by atoms with Crippen molar-refractivity contribution in [3.8, 4) is 0 Å². The Morgan fingerprint density at radius 1 is 1.19 bits per heavy atom. The van der Waals surface area contributed by atoms with Crippen LogP contribution in [0.3, 0.4) is 0 Å². The van der Waals surface area contributed by atoms with Crippen molar-refractivity contribution < 1.29 is 4.79 Å². The predicted molar refractivity (Wildman–Crippen MR) is 102 cm³/mol. The van der Waals surface area contributed by atoms with E-state index in [4.69, 9.17) is 0 Å². The van der Waals surface area contributed by atoms with Crippen LogP contribution in [0.5, 0.6) is 0 Å². The van der Waals surface area contributed by atoms with E-state index >= 15 is 0 Å². The maximum atomic E-state index is 12.6. The fourth-order valence-electron chi connectivity index (χ4n) is 4.66. The summed E-state index contributed by atoms with van der Waals surface area (Å²) >= 11 is 0. The van der Waals surface area contributed by atoms with Gasteiger partial charge in [-0.15, -0.1) is 0 Å². The van der Waals surface area contributed by atoms with E-state index in [1.165, 1.54) is 12.8 Å². The smallest absolute Gasteiger partial charge is 0.222 e. The summed E-state index contributed by atoms with van der Waals surface area (Å²) in [6.45, 7) is 9.37. The van der Waals surface area contributed by atoms with Gasteiger partial charge < -0.3 is 9.47 Å². The summed E-state index contributed by atoms with van der Waals surface area (Å²) in [4.78, 5) is 24.2. The van der Waals surface area contributed by atoms with Gasteiger partial charge in [0, 0.05) is 70.2 Å². The van der Waals surface area contributed by atoms with Crippen molar-refractivity contribution in [3.63, 3.8) is 0 Å². The Hall–Kier alpha value is -1.40. The van der Waals surface area contributed by atoms with E-state index in [9.17, 15) is 4.79 Å². The van der Waals surface area contributed by atoms with Crippen LogP contribution in [-0.2, 0) is 11.3 Å². The summed E-state index contributed by atoms with van der Waals surface area (Å²) < 4.78 is 2.24. The third kappa shape index (κ3) is 3.81. The topological polar surface area (TPSA) is 44.6 Å². The molecule has 0 radical (unpaired) electrons. The summed E-state index contributed by atoms with van der Waals surface area (Å²) in [5, 5.41) is 0. The van der Waals surface area contributed by atoms with Gasteiger partial charge in [-0.2, -0.15) is 0 Å². The molecule has 1 aliphatic carbocycles. The molecule has 1 amide bonds. The molecule has 1 aromatic heterocycles. The fourth-order valence-corrected chi connectivity index (χ4v) is 4.66. The molecule has 4 rings (SSSR count). The molecule has 2 saturated heterocycles. The van der Waals surface area contributed by atoms with E-state index in [1.54, 1.807) is 0 Å². The van der Waals surface area contributed by atoms with Gasteiger partial charge in [0.25, 0.3) is 0 Å². The second kappa shape index (κ2) is 7.31. The van der Waals surface area contributed by atoms with Gasteiger partial charge in [-0.25, -0.2) is 4.98 Å². The van der Waals surface area contributed by atoms with Crippen LogP contribution in [0, 0.1) is 12.8 Å². The van der Waals surface area contributed by atoms with E-state index in [0.29, 0.717) is 12.3 Å². The van der Waals surface area contributed by atoms with Crippen LogP contribution < -0.4 is 0 Å². The maximum Gasteiger partial charge on any atom is 0.222 e. The first-order valence-electron chi connectivity index (χ1n) is 10.2. The normalized spacial score (nSPS) is 28.7. The van der Waals surface area contributed by atoms with Crippen molar-refractivity contribution in [2.75, 3.05) is 46.3 Å². The highest BCUT2D eigenvalue weighted by atomic mass is 16.2. The van der Waals surface area contributed by atoms with Crippen molar-refractivity contribution in [1.82, 2.24) is 24.3 Å². The third-order valence-corrected chi connectivity index (χ3v) is 6.84. The first-order valence-corrected chi connectivity index (χ1v) is 10.2. The number of carbonyl (C=O) groups is 1. The molecule has 26 heavy (non-hydrogen) atoms. The van der Waals surface area contributed by atoms with Crippen molar-refractivity contribution in [3.05, 3.63) is 18.2 Å². The molecule has 3 fully saturated rings. The Morgan fingerprint density at radius 2 is 2.04 bits per heavy atom. The summed E-state index contributed by atoms with van der Waals surface area (Å²) in [6.07, 6.45) is 9.41. The monoisotopic (exact) mass is 359 g/mol. The zero-order valence-corrected chi connectivity index (χ0v) is 16.4. The number of piperazine rings is 1. The van der Waals surface area contributed by atoms with E-state index in [-0.39, 0.29) is 5.54 Å². The first kappa shape index (κ1) is 18.0. The number of aryl methyl sites for hydroxylation is 1. The fraction of sp³-hybridized carbons (Fsp3) is 0.800. The molecule has 6 heteroatoms. The number of likely N-dealkylation sites (N-methyl/N-ethyl adjacent to an activating group) is 1. The minimum atomic E-state index is 0.163. The van der Waals surface area contributed by atoms with Crippen LogP contribution in [0.25, 0.3) is 0 Å². The number of rotatable bonds is 5. The number of amides is 1. The second-order valence-corrected chi connectivity index (χ2v) is 8.62. The Labute approximate surface area is 157 Å². The third-order valence-electron chi connectivity index (χ3n) is 6.84. The largest absolute Gasteiger partial charge is 0.342 e. The van der Waals surface area contributed by atoms with Gasteiger partial charge in [-0.05, 0) is 45.6 Å². The van der Waals surface area contributed by atoms with Gasteiger partial charge in [-0.3, -0.25) is 14.6 Å². The van der Waals surface area contributed by atoms with E-state index in [0.717, 1.165) is 70.4 Å². The SMILES string of the molecule is Cc1nccn1CCN1CCN(C)C2(CCC(=O)N(CC3CC3)CC2)C1. The van der Waals surface area contributed by atoms with E-state index in [2.05, 4.69) is 44.4 Å². The number of hydrogen-bond donors (Lipinski definition) is 0. The lowest BCUT2D eigenvalue weighted by atomic mass is 9.86. The zero-order chi connectivity index (χ0) is 18.1. The lowest BCUT2D eigenvalue weighted by Gasteiger charge is -2.49. The Bertz CT molecular complexity index is 640. The highest BCUT2D eigenvalue weighted by molar-refractivity contribution is 5.76. The van der Waals surface area contributed by atoms with Gasteiger partial charge in [0.05, 0.1) is 0 Å². The minimum Gasteiger partial charge on any atom is -0.342 e. The molecular weight excluding hydrogens is 326 g/mol. The van der Waals surface area contributed by atoms with Crippen molar-refractivity contribution in [1.29, 1.82) is 0 Å². The Morgan fingerprint density at radius 3 is 2.77 bits per heavy atom. The molecular formula is C20H33N5O. The minimum absolute atomic E-state index is 0.163. The molecule has 3 aliphatic rings. The van der Waals surface area contributed by atoms with Crippen molar-refractivity contribution >= 4 is 5.91 Å². The number of hydrogen-bond acceptors (Lipinski definition) is 4. The second-order valence-electron chi connectivity index (χ2n) is 8.62. The molecule has 144 valence electrons. The highest BCUT2D eigenvalue weighted by Crippen LogP contribution is 2.35. The van der Waals surface area contributed by atoms with Crippen molar-refractivity contribution in [2.45, 2.75) is 51.1 Å². The summed E-state index contributed by atoms with van der Waals surface area (Å²) in [6, 6.07) is 0. The number of aromatic nitrogens is 2. The Balaban J connectivity index is 1.38. The number of carbonyl (C=O) groups excluding carboxylic acids is 1.